The first-order chi connectivity index (χ1) is 19.9. The third-order valence-corrected chi connectivity index (χ3v) is 7.67. The van der Waals surface area contributed by atoms with Crippen LogP contribution in [0, 0.1) is 0 Å². The van der Waals surface area contributed by atoms with Crippen LogP contribution in [0.5, 0.6) is 0 Å². The fourth-order valence-electron chi connectivity index (χ4n) is 5.13. The van der Waals surface area contributed by atoms with E-state index in [1.165, 1.54) is 0 Å². The number of halogens is 1. The number of nitrogens with zero attached hydrogens (tertiary/aromatic N) is 5. The van der Waals surface area contributed by atoms with Gasteiger partial charge >= 0.3 is 0 Å². The van der Waals surface area contributed by atoms with Gasteiger partial charge in [0.15, 0.2) is 0 Å². The SMILES string of the molecule is CC(NC(=O)CN1Cc2ccc(-c3nc(NC4CCOCC4)ncc3Cl)cc2C1=O)c1cnn(-c2ccccc2)c1. The molecule has 4 heterocycles. The molecule has 2 aliphatic rings. The van der Waals surface area contributed by atoms with Crippen LogP contribution in [-0.2, 0) is 16.1 Å². The second-order valence-electron chi connectivity index (χ2n) is 10.3. The zero-order chi connectivity index (χ0) is 28.3. The van der Waals surface area contributed by atoms with Gasteiger partial charge in [0.05, 0.1) is 34.8 Å². The first-order valence-electron chi connectivity index (χ1n) is 13.6. The lowest BCUT2D eigenvalue weighted by molar-refractivity contribution is -0.122. The molecule has 41 heavy (non-hydrogen) atoms. The second-order valence-corrected chi connectivity index (χ2v) is 10.7. The number of anilines is 1. The molecule has 1 atom stereocenters. The predicted octanol–water partition coefficient (Wildman–Crippen LogP) is 4.41. The highest BCUT2D eigenvalue weighted by atomic mass is 35.5. The Hall–Kier alpha value is -4.28. The minimum absolute atomic E-state index is 0.0482. The van der Waals surface area contributed by atoms with E-state index in [2.05, 4.69) is 25.7 Å². The van der Waals surface area contributed by atoms with E-state index in [1.54, 1.807) is 28.0 Å². The number of ether oxygens (including phenoxy) is 1. The van der Waals surface area contributed by atoms with Crippen LogP contribution in [0.3, 0.4) is 0 Å². The lowest BCUT2D eigenvalue weighted by Gasteiger charge is -2.23. The molecule has 0 saturated carbocycles. The van der Waals surface area contributed by atoms with Gasteiger partial charge < -0.3 is 20.3 Å². The Labute approximate surface area is 242 Å². The van der Waals surface area contributed by atoms with Gasteiger partial charge in [-0.05, 0) is 43.5 Å². The summed E-state index contributed by atoms with van der Waals surface area (Å²) < 4.78 is 7.19. The summed E-state index contributed by atoms with van der Waals surface area (Å²) in [6, 6.07) is 15.3. The average Bonchev–Trinajstić information content (AvgIpc) is 3.60. The Morgan fingerprint density at radius 3 is 2.76 bits per heavy atom. The van der Waals surface area contributed by atoms with Crippen LogP contribution in [0.2, 0.25) is 5.02 Å². The highest BCUT2D eigenvalue weighted by Crippen LogP contribution is 2.31. The van der Waals surface area contributed by atoms with Gasteiger partial charge in [-0.2, -0.15) is 5.10 Å². The third-order valence-electron chi connectivity index (χ3n) is 7.40. The number of rotatable bonds is 8. The first-order valence-corrected chi connectivity index (χ1v) is 14.0. The standard InChI is InChI=1S/C30H30ClN7O3/c1-19(22-14-33-38(17-22)24-5-3-2-4-6-24)34-27(39)18-37-16-21-8-7-20(13-25(21)29(37)40)28-26(31)15-32-30(36-28)35-23-9-11-41-12-10-23/h2-8,13-15,17,19,23H,9-12,16,18H2,1H3,(H,34,39)(H,32,35,36). The number of hydrogen-bond donors (Lipinski definition) is 2. The Morgan fingerprint density at radius 2 is 1.95 bits per heavy atom. The maximum absolute atomic E-state index is 13.3. The Kier molecular flexibility index (Phi) is 7.67. The van der Waals surface area contributed by atoms with Gasteiger partial charge in [-0.15, -0.1) is 0 Å². The highest BCUT2D eigenvalue weighted by Gasteiger charge is 2.30. The minimum Gasteiger partial charge on any atom is -0.381 e. The fourth-order valence-corrected chi connectivity index (χ4v) is 5.33. The van der Waals surface area contributed by atoms with Crippen molar-refractivity contribution >= 4 is 29.4 Å². The van der Waals surface area contributed by atoms with Crippen molar-refractivity contribution in [2.75, 3.05) is 25.1 Å². The molecule has 210 valence electrons. The van der Waals surface area contributed by atoms with Gasteiger partial charge in [0.25, 0.3) is 5.91 Å². The first kappa shape index (κ1) is 26.9. The molecule has 10 nitrogen and oxygen atoms in total. The van der Waals surface area contributed by atoms with Crippen molar-refractivity contribution in [3.8, 4) is 16.9 Å². The number of para-hydroxylation sites is 1. The summed E-state index contributed by atoms with van der Waals surface area (Å²) in [5.74, 6) is 0.0474. The van der Waals surface area contributed by atoms with E-state index < -0.39 is 0 Å². The summed E-state index contributed by atoms with van der Waals surface area (Å²) in [5, 5.41) is 11.1. The molecule has 2 aliphatic heterocycles. The van der Waals surface area contributed by atoms with Gasteiger partial charge in [0.1, 0.15) is 6.54 Å². The molecule has 2 aromatic heterocycles. The molecule has 6 rings (SSSR count). The van der Waals surface area contributed by atoms with Gasteiger partial charge in [-0.1, -0.05) is 41.9 Å². The lowest BCUT2D eigenvalue weighted by atomic mass is 10.0. The zero-order valence-corrected chi connectivity index (χ0v) is 23.3. The largest absolute Gasteiger partial charge is 0.381 e. The molecule has 1 saturated heterocycles. The van der Waals surface area contributed by atoms with E-state index in [-0.39, 0.29) is 30.4 Å². The van der Waals surface area contributed by atoms with Crippen LogP contribution in [-0.4, -0.2) is 62.3 Å². The molecule has 1 fully saturated rings. The Balaban J connectivity index is 1.10. The second kappa shape index (κ2) is 11.7. The van der Waals surface area contributed by atoms with Crippen LogP contribution >= 0.6 is 11.6 Å². The summed E-state index contributed by atoms with van der Waals surface area (Å²) in [6.07, 6.45) is 6.96. The van der Waals surface area contributed by atoms with Gasteiger partial charge in [-0.25, -0.2) is 14.6 Å². The molecular formula is C30H30ClN7O3. The van der Waals surface area contributed by atoms with E-state index >= 15 is 0 Å². The number of carbonyl (C=O) groups excluding carboxylic acids is 2. The van der Waals surface area contributed by atoms with Crippen LogP contribution < -0.4 is 10.6 Å². The third kappa shape index (κ3) is 5.94. The van der Waals surface area contributed by atoms with Crippen LogP contribution in [0.25, 0.3) is 16.9 Å². The van der Waals surface area contributed by atoms with E-state index in [1.807, 2.05) is 55.6 Å². The Bertz CT molecular complexity index is 1570. The maximum Gasteiger partial charge on any atom is 0.254 e. The van der Waals surface area contributed by atoms with Crippen molar-refractivity contribution in [1.29, 1.82) is 0 Å². The molecule has 2 N–H and O–H groups in total. The van der Waals surface area contributed by atoms with Crippen LogP contribution in [0.1, 0.15) is 47.3 Å². The normalized spacial score (nSPS) is 16.0. The van der Waals surface area contributed by atoms with E-state index in [0.29, 0.717) is 42.0 Å². The number of aromatic nitrogens is 4. The quantitative estimate of drug-likeness (QED) is 0.322. The predicted molar refractivity (Wildman–Crippen MR) is 155 cm³/mol. The Morgan fingerprint density at radius 1 is 1.15 bits per heavy atom. The molecule has 0 bridgehead atoms. The number of amides is 2. The topological polar surface area (TPSA) is 114 Å². The number of nitrogens with one attached hydrogen (secondary N) is 2. The zero-order valence-electron chi connectivity index (χ0n) is 22.6. The lowest BCUT2D eigenvalue weighted by Crippen LogP contribution is -2.38. The summed E-state index contributed by atoms with van der Waals surface area (Å²) in [7, 11) is 0. The fraction of sp³-hybridized carbons (Fsp3) is 0.300. The van der Waals surface area contributed by atoms with E-state index in [0.717, 1.165) is 35.2 Å². The van der Waals surface area contributed by atoms with E-state index in [4.69, 9.17) is 16.3 Å². The number of fused-ring (bicyclic) bond motifs is 1. The molecule has 2 aromatic carbocycles. The molecule has 0 spiro atoms. The van der Waals surface area contributed by atoms with Crippen molar-refractivity contribution in [1.82, 2.24) is 30.0 Å². The molecular weight excluding hydrogens is 542 g/mol. The monoisotopic (exact) mass is 571 g/mol. The minimum atomic E-state index is -0.268. The summed E-state index contributed by atoms with van der Waals surface area (Å²) >= 11 is 6.47. The van der Waals surface area contributed by atoms with Crippen LogP contribution in [0.15, 0.2) is 67.1 Å². The molecule has 1 unspecified atom stereocenters. The molecule has 0 aliphatic carbocycles. The van der Waals surface area contributed by atoms with Crippen molar-refractivity contribution in [3.05, 3.63) is 88.8 Å². The van der Waals surface area contributed by atoms with Crippen molar-refractivity contribution in [3.63, 3.8) is 0 Å². The number of benzene rings is 2. The van der Waals surface area contributed by atoms with E-state index in [9.17, 15) is 9.59 Å². The summed E-state index contributed by atoms with van der Waals surface area (Å²) in [4.78, 5) is 36.7. The van der Waals surface area contributed by atoms with Gasteiger partial charge in [0.2, 0.25) is 11.9 Å². The number of hydrogen-bond acceptors (Lipinski definition) is 7. The smallest absolute Gasteiger partial charge is 0.254 e. The summed E-state index contributed by atoms with van der Waals surface area (Å²) in [6.45, 7) is 3.62. The maximum atomic E-state index is 13.3. The van der Waals surface area contributed by atoms with Crippen LogP contribution in [0.4, 0.5) is 5.95 Å². The van der Waals surface area contributed by atoms with Gasteiger partial charge in [0, 0.05) is 48.7 Å². The molecule has 11 heteroatoms. The molecule has 0 radical (unpaired) electrons. The van der Waals surface area contributed by atoms with Gasteiger partial charge in [-0.3, -0.25) is 9.59 Å². The molecule has 4 aromatic rings. The van der Waals surface area contributed by atoms with Crippen molar-refractivity contribution < 1.29 is 14.3 Å². The average molecular weight is 572 g/mol. The highest BCUT2D eigenvalue weighted by molar-refractivity contribution is 6.33. The molecule has 2 amide bonds. The number of carbonyl (C=O) groups is 2. The summed E-state index contributed by atoms with van der Waals surface area (Å²) in [5.41, 5.74) is 4.47. The van der Waals surface area contributed by atoms with Crippen molar-refractivity contribution in [2.24, 2.45) is 0 Å². The van der Waals surface area contributed by atoms with Crippen molar-refractivity contribution in [2.45, 2.75) is 38.4 Å².